The summed E-state index contributed by atoms with van der Waals surface area (Å²) in [5.74, 6) is -0.638. The molecule has 2 fully saturated rings. The van der Waals surface area contributed by atoms with Crippen molar-refractivity contribution in [3.63, 3.8) is 0 Å². The first-order valence-electron chi connectivity index (χ1n) is 9.06. The van der Waals surface area contributed by atoms with Crippen molar-refractivity contribution < 1.29 is 23.9 Å². The number of nitrogens with zero attached hydrogens (tertiary/aromatic N) is 1. The van der Waals surface area contributed by atoms with E-state index >= 15 is 0 Å². The molecule has 3 aliphatic heterocycles. The maximum atomic E-state index is 12.4. The Bertz CT molecular complexity index is 744. The number of fused-ring (bicyclic) bond motifs is 1. The van der Waals surface area contributed by atoms with Crippen molar-refractivity contribution in [1.82, 2.24) is 4.90 Å². The fourth-order valence-corrected chi connectivity index (χ4v) is 3.81. The SMILES string of the molecule is O=C1Cc2cc(C(=O)CCC(=O)N3CCC4(CC3)OCCO4)ccc2N1. The van der Waals surface area contributed by atoms with Gasteiger partial charge in [0, 0.05) is 50.0 Å². The fourth-order valence-electron chi connectivity index (χ4n) is 3.81. The maximum absolute atomic E-state index is 12.4. The number of benzene rings is 1. The van der Waals surface area contributed by atoms with Gasteiger partial charge in [-0.3, -0.25) is 14.4 Å². The zero-order valence-corrected chi connectivity index (χ0v) is 14.6. The highest BCUT2D eigenvalue weighted by Gasteiger charge is 2.40. The van der Waals surface area contributed by atoms with Crippen LogP contribution in [0.25, 0.3) is 0 Å². The van der Waals surface area contributed by atoms with Gasteiger partial charge in [-0.15, -0.1) is 0 Å². The number of hydrogen-bond acceptors (Lipinski definition) is 5. The van der Waals surface area contributed by atoms with E-state index in [1.54, 1.807) is 23.1 Å². The van der Waals surface area contributed by atoms with Crippen LogP contribution < -0.4 is 5.32 Å². The zero-order valence-electron chi connectivity index (χ0n) is 14.6. The Kier molecular flexibility index (Phi) is 4.50. The molecule has 0 radical (unpaired) electrons. The summed E-state index contributed by atoms with van der Waals surface area (Å²) in [6.45, 7) is 2.42. The van der Waals surface area contributed by atoms with E-state index in [2.05, 4.69) is 5.32 Å². The summed E-state index contributed by atoms with van der Waals surface area (Å²) in [6.07, 6.45) is 2.03. The van der Waals surface area contributed by atoms with Gasteiger partial charge in [0.25, 0.3) is 0 Å². The Morgan fingerprint density at radius 1 is 1.12 bits per heavy atom. The van der Waals surface area contributed by atoms with Crippen molar-refractivity contribution in [2.24, 2.45) is 0 Å². The minimum atomic E-state index is -0.498. The van der Waals surface area contributed by atoms with Crippen LogP contribution in [0.3, 0.4) is 0 Å². The summed E-state index contributed by atoms with van der Waals surface area (Å²) in [5, 5.41) is 2.75. The zero-order chi connectivity index (χ0) is 18.1. The summed E-state index contributed by atoms with van der Waals surface area (Å²) in [5.41, 5.74) is 2.16. The van der Waals surface area contributed by atoms with Crippen LogP contribution in [-0.4, -0.2) is 54.6 Å². The number of nitrogens with one attached hydrogen (secondary N) is 1. The second-order valence-corrected chi connectivity index (χ2v) is 7.01. The molecule has 0 aromatic heterocycles. The number of anilines is 1. The molecule has 0 bridgehead atoms. The monoisotopic (exact) mass is 358 g/mol. The highest BCUT2D eigenvalue weighted by molar-refractivity contribution is 6.02. The predicted molar refractivity (Wildman–Crippen MR) is 92.8 cm³/mol. The van der Waals surface area contributed by atoms with Gasteiger partial charge in [-0.1, -0.05) is 0 Å². The second-order valence-electron chi connectivity index (χ2n) is 7.01. The average molecular weight is 358 g/mol. The molecule has 4 rings (SSSR count). The van der Waals surface area contributed by atoms with Gasteiger partial charge in [-0.05, 0) is 23.8 Å². The highest BCUT2D eigenvalue weighted by Crippen LogP contribution is 2.31. The molecule has 1 spiro atoms. The number of Topliss-reactive ketones (excluding diaryl/α,β-unsaturated/α-hetero) is 1. The number of hydrogen-bond donors (Lipinski definition) is 1. The van der Waals surface area contributed by atoms with Crippen LogP contribution in [0.4, 0.5) is 5.69 Å². The third-order valence-corrected chi connectivity index (χ3v) is 5.31. The topological polar surface area (TPSA) is 84.9 Å². The van der Waals surface area contributed by atoms with Crippen LogP contribution in [0.1, 0.15) is 41.6 Å². The second kappa shape index (κ2) is 6.81. The van der Waals surface area contributed by atoms with Crippen molar-refractivity contribution in [2.75, 3.05) is 31.6 Å². The van der Waals surface area contributed by atoms with Gasteiger partial charge in [0.1, 0.15) is 0 Å². The Labute approximate surface area is 151 Å². The summed E-state index contributed by atoms with van der Waals surface area (Å²) < 4.78 is 11.3. The third kappa shape index (κ3) is 3.37. The molecule has 26 heavy (non-hydrogen) atoms. The predicted octanol–water partition coefficient (Wildman–Crippen LogP) is 1.51. The Hall–Kier alpha value is -2.25. The molecule has 0 saturated carbocycles. The van der Waals surface area contributed by atoms with Crippen LogP contribution in [0.2, 0.25) is 0 Å². The fraction of sp³-hybridized carbons (Fsp3) is 0.526. The molecule has 3 aliphatic rings. The van der Waals surface area contributed by atoms with Gasteiger partial charge < -0.3 is 19.7 Å². The van der Waals surface area contributed by atoms with Crippen LogP contribution >= 0.6 is 0 Å². The largest absolute Gasteiger partial charge is 0.347 e. The Morgan fingerprint density at radius 2 is 1.85 bits per heavy atom. The smallest absolute Gasteiger partial charge is 0.228 e. The summed E-state index contributed by atoms with van der Waals surface area (Å²) in [6, 6.07) is 5.21. The van der Waals surface area contributed by atoms with Crippen molar-refractivity contribution in [2.45, 2.75) is 37.9 Å². The highest BCUT2D eigenvalue weighted by atomic mass is 16.7. The van der Waals surface area contributed by atoms with Crippen LogP contribution in [0, 0.1) is 0 Å². The minimum Gasteiger partial charge on any atom is -0.347 e. The molecule has 1 aromatic rings. The number of amides is 2. The number of ketones is 1. The number of likely N-dealkylation sites (tertiary alicyclic amines) is 1. The van der Waals surface area contributed by atoms with E-state index in [9.17, 15) is 14.4 Å². The van der Waals surface area contributed by atoms with E-state index < -0.39 is 5.79 Å². The third-order valence-electron chi connectivity index (χ3n) is 5.31. The molecule has 7 nitrogen and oxygen atoms in total. The molecular weight excluding hydrogens is 336 g/mol. The number of carbonyl (C=O) groups excluding carboxylic acids is 3. The lowest BCUT2D eigenvalue weighted by Gasteiger charge is -2.37. The van der Waals surface area contributed by atoms with Crippen molar-refractivity contribution in [1.29, 1.82) is 0 Å². The number of piperidine rings is 1. The molecule has 0 aliphatic carbocycles. The molecule has 7 heteroatoms. The normalized spacial score (nSPS) is 20.9. The standard InChI is InChI=1S/C19H22N2O5/c22-16(13-1-2-15-14(11-13)12-17(23)20-15)3-4-18(24)21-7-5-19(6-8-21)25-9-10-26-19/h1-2,11H,3-10,12H2,(H,20,23). The van der Waals surface area contributed by atoms with E-state index in [1.807, 2.05) is 0 Å². The van der Waals surface area contributed by atoms with Gasteiger partial charge in [-0.25, -0.2) is 0 Å². The van der Waals surface area contributed by atoms with E-state index in [0.29, 0.717) is 51.1 Å². The molecule has 138 valence electrons. The van der Waals surface area contributed by atoms with Gasteiger partial charge in [-0.2, -0.15) is 0 Å². The molecule has 1 N–H and O–H groups in total. The summed E-state index contributed by atoms with van der Waals surface area (Å²) >= 11 is 0. The van der Waals surface area contributed by atoms with E-state index in [1.165, 1.54) is 0 Å². The van der Waals surface area contributed by atoms with Gasteiger partial charge >= 0.3 is 0 Å². The molecule has 1 aromatic carbocycles. The first kappa shape index (κ1) is 17.2. The summed E-state index contributed by atoms with van der Waals surface area (Å²) in [4.78, 5) is 38.0. The minimum absolute atomic E-state index is 0.01000. The first-order chi connectivity index (χ1) is 12.5. The number of rotatable bonds is 4. The molecule has 0 atom stereocenters. The van der Waals surface area contributed by atoms with Gasteiger partial charge in [0.05, 0.1) is 19.6 Å². The van der Waals surface area contributed by atoms with E-state index in [4.69, 9.17) is 9.47 Å². The lowest BCUT2D eigenvalue weighted by molar-refractivity contribution is -0.187. The lowest BCUT2D eigenvalue weighted by Crippen LogP contribution is -2.47. The quantitative estimate of drug-likeness (QED) is 0.825. The Balaban J connectivity index is 1.29. The molecule has 3 heterocycles. The van der Waals surface area contributed by atoms with Crippen LogP contribution in [0.5, 0.6) is 0 Å². The maximum Gasteiger partial charge on any atom is 0.228 e. The summed E-state index contributed by atoms with van der Waals surface area (Å²) in [7, 11) is 0. The van der Waals surface area contributed by atoms with E-state index in [-0.39, 0.29) is 30.4 Å². The number of ether oxygens (including phenoxy) is 2. The molecule has 2 saturated heterocycles. The van der Waals surface area contributed by atoms with Crippen molar-refractivity contribution >= 4 is 23.3 Å². The molecule has 0 unspecified atom stereocenters. The average Bonchev–Trinajstić information content (AvgIpc) is 3.25. The number of carbonyl (C=O) groups is 3. The Morgan fingerprint density at radius 3 is 2.58 bits per heavy atom. The van der Waals surface area contributed by atoms with Crippen LogP contribution in [0.15, 0.2) is 18.2 Å². The van der Waals surface area contributed by atoms with Gasteiger partial charge in [0.2, 0.25) is 11.8 Å². The van der Waals surface area contributed by atoms with E-state index in [0.717, 1.165) is 11.3 Å². The lowest BCUT2D eigenvalue weighted by atomic mass is 10.0. The van der Waals surface area contributed by atoms with Crippen molar-refractivity contribution in [3.8, 4) is 0 Å². The molecular formula is C19H22N2O5. The van der Waals surface area contributed by atoms with Crippen molar-refractivity contribution in [3.05, 3.63) is 29.3 Å². The first-order valence-corrected chi connectivity index (χ1v) is 9.06. The molecule has 2 amide bonds. The van der Waals surface area contributed by atoms with Gasteiger partial charge in [0.15, 0.2) is 11.6 Å². The van der Waals surface area contributed by atoms with Crippen LogP contribution in [-0.2, 0) is 25.5 Å².